The Bertz CT molecular complexity index is 1090. The Morgan fingerprint density at radius 2 is 1.87 bits per heavy atom. The first kappa shape index (κ1) is 21.4. The number of nitrogens with one attached hydrogen (secondary N) is 1. The number of anilines is 1. The molecule has 2 heterocycles. The van der Waals surface area contributed by atoms with Crippen LogP contribution in [0.25, 0.3) is 0 Å². The van der Waals surface area contributed by atoms with E-state index >= 15 is 0 Å². The van der Waals surface area contributed by atoms with E-state index in [9.17, 15) is 9.59 Å². The maximum absolute atomic E-state index is 12.9. The Hall–Kier alpha value is -2.83. The molecular weight excluding hydrogens is 432 g/mol. The minimum absolute atomic E-state index is 0.0487. The minimum Gasteiger partial charge on any atom is -0.478 e. The normalized spacial score (nSPS) is 13.5. The largest absolute Gasteiger partial charge is 0.478 e. The molecule has 0 saturated heterocycles. The number of hydrogen-bond acceptors (Lipinski definition) is 4. The van der Waals surface area contributed by atoms with Gasteiger partial charge in [-0.05, 0) is 79.2 Å². The van der Waals surface area contributed by atoms with Crippen molar-refractivity contribution in [2.24, 2.45) is 0 Å². The Morgan fingerprint density at radius 1 is 1.10 bits per heavy atom. The molecule has 0 radical (unpaired) electrons. The topological polar surface area (TPSA) is 58.6 Å². The van der Waals surface area contributed by atoms with E-state index < -0.39 is 5.60 Å². The lowest BCUT2D eigenvalue weighted by Crippen LogP contribution is -2.42. The fourth-order valence-electron chi connectivity index (χ4n) is 3.49. The van der Waals surface area contributed by atoms with Gasteiger partial charge in [-0.3, -0.25) is 9.59 Å². The molecule has 4 rings (SSSR count). The van der Waals surface area contributed by atoms with Crippen molar-refractivity contribution in [1.29, 1.82) is 0 Å². The van der Waals surface area contributed by atoms with Crippen LogP contribution in [0.15, 0.2) is 60.0 Å². The van der Waals surface area contributed by atoms with Gasteiger partial charge in [-0.15, -0.1) is 11.3 Å². The highest BCUT2D eigenvalue weighted by atomic mass is 35.5. The van der Waals surface area contributed by atoms with Gasteiger partial charge in [0.25, 0.3) is 11.8 Å². The Labute approximate surface area is 190 Å². The van der Waals surface area contributed by atoms with Gasteiger partial charge < -0.3 is 15.0 Å². The summed E-state index contributed by atoms with van der Waals surface area (Å²) in [5.74, 6) is 0.357. The van der Waals surface area contributed by atoms with Gasteiger partial charge in [0, 0.05) is 23.8 Å². The molecule has 160 valence electrons. The summed E-state index contributed by atoms with van der Waals surface area (Å²) < 4.78 is 5.87. The fraction of sp³-hybridized carbons (Fsp3) is 0.250. The van der Waals surface area contributed by atoms with Crippen LogP contribution in [0.3, 0.4) is 0 Å². The van der Waals surface area contributed by atoms with Gasteiger partial charge in [0.1, 0.15) is 5.75 Å². The maximum Gasteiger partial charge on any atom is 0.267 e. The highest BCUT2D eigenvalue weighted by Gasteiger charge is 2.30. The van der Waals surface area contributed by atoms with Crippen LogP contribution in [0.4, 0.5) is 5.69 Å². The number of thiophene rings is 1. The van der Waals surface area contributed by atoms with Gasteiger partial charge in [-0.2, -0.15) is 0 Å². The number of benzene rings is 2. The molecule has 0 saturated carbocycles. The molecule has 1 N–H and O–H groups in total. The van der Waals surface area contributed by atoms with E-state index in [1.165, 1.54) is 16.9 Å². The maximum atomic E-state index is 12.9. The molecule has 31 heavy (non-hydrogen) atoms. The first-order valence-electron chi connectivity index (χ1n) is 10.0. The molecule has 0 atom stereocenters. The SMILES string of the molecule is CC(C)(Oc1ccc(Cl)cc1)C(=O)Nc1ccc2c(c1)CN(C(=O)c1cccs1)CC2. The predicted molar refractivity (Wildman–Crippen MR) is 124 cm³/mol. The van der Waals surface area contributed by atoms with Crippen molar-refractivity contribution in [2.45, 2.75) is 32.4 Å². The van der Waals surface area contributed by atoms with Gasteiger partial charge in [0.2, 0.25) is 0 Å². The lowest BCUT2D eigenvalue weighted by Gasteiger charge is -2.29. The number of carbonyl (C=O) groups excluding carboxylic acids is 2. The highest BCUT2D eigenvalue weighted by Crippen LogP contribution is 2.26. The number of hydrogen-bond donors (Lipinski definition) is 1. The molecule has 0 unspecified atom stereocenters. The van der Waals surface area contributed by atoms with Crippen molar-refractivity contribution >= 4 is 40.4 Å². The van der Waals surface area contributed by atoms with Crippen LogP contribution in [-0.2, 0) is 17.8 Å². The van der Waals surface area contributed by atoms with Crippen molar-refractivity contribution in [3.63, 3.8) is 0 Å². The molecule has 0 bridgehead atoms. The van der Waals surface area contributed by atoms with Crippen LogP contribution in [0.2, 0.25) is 5.02 Å². The lowest BCUT2D eigenvalue weighted by molar-refractivity contribution is -0.128. The molecule has 5 nitrogen and oxygen atoms in total. The van der Waals surface area contributed by atoms with Gasteiger partial charge in [-0.25, -0.2) is 0 Å². The van der Waals surface area contributed by atoms with Crippen molar-refractivity contribution < 1.29 is 14.3 Å². The summed E-state index contributed by atoms with van der Waals surface area (Å²) in [4.78, 5) is 28.2. The zero-order valence-corrected chi connectivity index (χ0v) is 18.9. The molecule has 0 aliphatic carbocycles. The van der Waals surface area contributed by atoms with E-state index in [0.717, 1.165) is 16.9 Å². The molecule has 1 aliphatic heterocycles. The number of rotatable bonds is 5. The smallest absolute Gasteiger partial charge is 0.267 e. The second kappa shape index (κ2) is 8.73. The van der Waals surface area contributed by atoms with Gasteiger partial charge >= 0.3 is 0 Å². The zero-order valence-electron chi connectivity index (χ0n) is 17.4. The Morgan fingerprint density at radius 3 is 2.58 bits per heavy atom. The van der Waals surface area contributed by atoms with E-state index in [0.29, 0.717) is 29.5 Å². The Balaban J connectivity index is 1.45. The van der Waals surface area contributed by atoms with Crippen LogP contribution < -0.4 is 10.1 Å². The van der Waals surface area contributed by atoms with Crippen molar-refractivity contribution in [3.8, 4) is 5.75 Å². The van der Waals surface area contributed by atoms with Crippen LogP contribution in [-0.4, -0.2) is 28.9 Å². The highest BCUT2D eigenvalue weighted by molar-refractivity contribution is 7.12. The van der Waals surface area contributed by atoms with E-state index in [4.69, 9.17) is 16.3 Å². The van der Waals surface area contributed by atoms with E-state index in [2.05, 4.69) is 5.32 Å². The molecule has 0 spiro atoms. The van der Waals surface area contributed by atoms with Crippen molar-refractivity contribution in [1.82, 2.24) is 4.90 Å². The minimum atomic E-state index is -1.08. The molecule has 7 heteroatoms. The van der Waals surface area contributed by atoms with Crippen molar-refractivity contribution in [2.75, 3.05) is 11.9 Å². The number of nitrogens with zero attached hydrogens (tertiary/aromatic N) is 1. The van der Waals surface area contributed by atoms with Crippen LogP contribution in [0.1, 0.15) is 34.6 Å². The van der Waals surface area contributed by atoms with Crippen LogP contribution >= 0.6 is 22.9 Å². The van der Waals surface area contributed by atoms with Crippen molar-refractivity contribution in [3.05, 3.63) is 81.0 Å². The first-order valence-corrected chi connectivity index (χ1v) is 11.3. The summed E-state index contributed by atoms with van der Waals surface area (Å²) in [6.45, 7) is 4.66. The number of halogens is 1. The van der Waals surface area contributed by atoms with Crippen LogP contribution in [0.5, 0.6) is 5.75 Å². The predicted octanol–water partition coefficient (Wildman–Crippen LogP) is 5.40. The quantitative estimate of drug-likeness (QED) is 0.561. The van der Waals surface area contributed by atoms with Gasteiger partial charge in [-0.1, -0.05) is 23.7 Å². The lowest BCUT2D eigenvalue weighted by atomic mass is 9.98. The fourth-order valence-corrected chi connectivity index (χ4v) is 4.31. The summed E-state index contributed by atoms with van der Waals surface area (Å²) in [7, 11) is 0. The molecule has 0 fully saturated rings. The molecule has 1 aliphatic rings. The molecule has 3 aromatic rings. The number of ether oxygens (including phenoxy) is 1. The second-order valence-corrected chi connectivity index (χ2v) is 9.34. The summed E-state index contributed by atoms with van der Waals surface area (Å²) >= 11 is 7.36. The summed E-state index contributed by atoms with van der Waals surface area (Å²) in [5.41, 5.74) is 1.85. The summed E-state index contributed by atoms with van der Waals surface area (Å²) in [6.07, 6.45) is 0.797. The first-order chi connectivity index (χ1) is 14.8. The third-order valence-corrected chi connectivity index (χ3v) is 6.34. The van der Waals surface area contributed by atoms with E-state index in [-0.39, 0.29) is 11.8 Å². The second-order valence-electron chi connectivity index (χ2n) is 7.96. The van der Waals surface area contributed by atoms with Crippen LogP contribution in [0, 0.1) is 0 Å². The number of fused-ring (bicyclic) bond motifs is 1. The third kappa shape index (κ3) is 4.92. The molecule has 2 aromatic carbocycles. The molecule has 1 aromatic heterocycles. The van der Waals surface area contributed by atoms with Gasteiger partial charge in [0.15, 0.2) is 5.60 Å². The van der Waals surface area contributed by atoms with E-state index in [1.54, 1.807) is 38.1 Å². The van der Waals surface area contributed by atoms with Gasteiger partial charge in [0.05, 0.1) is 4.88 Å². The average molecular weight is 455 g/mol. The monoisotopic (exact) mass is 454 g/mol. The third-order valence-electron chi connectivity index (χ3n) is 5.23. The zero-order chi connectivity index (χ0) is 22.0. The average Bonchev–Trinajstić information content (AvgIpc) is 3.29. The van der Waals surface area contributed by atoms with E-state index in [1.807, 2.05) is 40.6 Å². The Kier molecular flexibility index (Phi) is 6.03. The molecule has 2 amide bonds. The number of amides is 2. The summed E-state index contributed by atoms with van der Waals surface area (Å²) in [6, 6.07) is 16.5. The number of carbonyl (C=O) groups is 2. The standard InChI is InChI=1S/C24H23ClN2O3S/c1-24(2,30-20-9-6-18(25)7-10-20)23(29)26-19-8-5-16-11-12-27(15-17(16)14-19)22(28)21-4-3-13-31-21/h3-10,13-14H,11-12,15H2,1-2H3,(H,26,29). The summed E-state index contributed by atoms with van der Waals surface area (Å²) in [5, 5.41) is 5.46. The molecular formula is C24H23ClN2O3S.